The minimum atomic E-state index is -4.36. The molecule has 0 spiro atoms. The summed E-state index contributed by atoms with van der Waals surface area (Å²) in [5, 5.41) is 0. The van der Waals surface area contributed by atoms with Gasteiger partial charge < -0.3 is 9.47 Å². The summed E-state index contributed by atoms with van der Waals surface area (Å²) in [6.07, 6.45) is -5.61. The van der Waals surface area contributed by atoms with Gasteiger partial charge in [-0.2, -0.15) is 17.6 Å². The first-order valence-electron chi connectivity index (χ1n) is 10.9. The van der Waals surface area contributed by atoms with Gasteiger partial charge in [-0.15, -0.1) is 0 Å². The molecule has 0 radical (unpaired) electrons. The molecule has 0 saturated heterocycles. The Bertz CT molecular complexity index is 1070. The maximum Gasteiger partial charge on any atom is 0.432 e. The topological polar surface area (TPSA) is 18.5 Å². The summed E-state index contributed by atoms with van der Waals surface area (Å²) in [5.41, 5.74) is -0.949. The third-order valence-corrected chi connectivity index (χ3v) is 5.23. The maximum atomic E-state index is 14.6. The molecule has 0 amide bonds. The van der Waals surface area contributed by atoms with Crippen LogP contribution in [0.4, 0.5) is 26.3 Å². The fourth-order valence-electron chi connectivity index (χ4n) is 3.35. The van der Waals surface area contributed by atoms with Gasteiger partial charge in [0.15, 0.2) is 0 Å². The van der Waals surface area contributed by atoms with Crippen molar-refractivity contribution in [3.8, 4) is 11.5 Å². The summed E-state index contributed by atoms with van der Waals surface area (Å²) >= 11 is 0. The van der Waals surface area contributed by atoms with Gasteiger partial charge in [-0.05, 0) is 78.9 Å². The number of benzene rings is 3. The summed E-state index contributed by atoms with van der Waals surface area (Å²) in [4.78, 5) is 0. The lowest BCUT2D eigenvalue weighted by Gasteiger charge is -2.21. The molecule has 0 aliphatic heterocycles. The number of hydrogen-bond acceptors (Lipinski definition) is 2. The Morgan fingerprint density at radius 3 is 1.68 bits per heavy atom. The maximum absolute atomic E-state index is 14.6. The first kappa shape index (κ1) is 25.5. The van der Waals surface area contributed by atoms with Gasteiger partial charge in [0.2, 0.25) is 0 Å². The Balaban J connectivity index is 1.75. The normalized spacial score (nSPS) is 12.0. The number of aryl methyl sites for hydroxylation is 2. The Morgan fingerprint density at radius 1 is 0.676 bits per heavy atom. The molecule has 0 atom stereocenters. The zero-order valence-corrected chi connectivity index (χ0v) is 18.7. The van der Waals surface area contributed by atoms with Crippen LogP contribution in [-0.4, -0.2) is 0 Å². The molecular weight excluding hydrogens is 458 g/mol. The van der Waals surface area contributed by atoms with E-state index in [0.29, 0.717) is 12.8 Å². The summed E-state index contributed by atoms with van der Waals surface area (Å²) in [5.74, 6) is -3.50. The van der Waals surface area contributed by atoms with Crippen molar-refractivity contribution >= 4 is 0 Å². The van der Waals surface area contributed by atoms with Crippen LogP contribution >= 0.6 is 0 Å². The molecule has 3 aromatic rings. The highest BCUT2D eigenvalue weighted by Gasteiger charge is 2.41. The number of hydrogen-bond donors (Lipinski definition) is 0. The fraction of sp³-hybridized carbons (Fsp3) is 0.308. The molecule has 182 valence electrons. The molecule has 0 saturated carbocycles. The van der Waals surface area contributed by atoms with Gasteiger partial charge in [-0.1, -0.05) is 32.4 Å². The Hall–Kier alpha value is -3.16. The molecule has 0 N–H and O–H groups in total. The summed E-state index contributed by atoms with van der Waals surface area (Å²) < 4.78 is 95.9. The zero-order valence-electron chi connectivity index (χ0n) is 18.7. The van der Waals surface area contributed by atoms with Crippen molar-refractivity contribution in [3.05, 3.63) is 94.6 Å². The van der Waals surface area contributed by atoms with E-state index >= 15 is 0 Å². The van der Waals surface area contributed by atoms with Crippen molar-refractivity contribution in [2.75, 3.05) is 0 Å². The van der Waals surface area contributed by atoms with E-state index in [1.807, 2.05) is 13.8 Å². The van der Waals surface area contributed by atoms with Gasteiger partial charge in [-0.25, -0.2) is 8.78 Å². The van der Waals surface area contributed by atoms with Crippen LogP contribution in [0, 0.1) is 11.6 Å². The predicted molar refractivity (Wildman–Crippen MR) is 116 cm³/mol. The fourth-order valence-corrected chi connectivity index (χ4v) is 3.35. The van der Waals surface area contributed by atoms with E-state index in [1.165, 1.54) is 12.1 Å². The van der Waals surface area contributed by atoms with Gasteiger partial charge in [0.25, 0.3) is 0 Å². The third kappa shape index (κ3) is 6.04. The first-order valence-corrected chi connectivity index (χ1v) is 10.9. The molecule has 8 heteroatoms. The second kappa shape index (κ2) is 10.4. The van der Waals surface area contributed by atoms with Crippen LogP contribution in [0.3, 0.4) is 0 Å². The lowest BCUT2D eigenvalue weighted by molar-refractivity contribution is -0.190. The molecule has 0 bridgehead atoms. The lowest BCUT2D eigenvalue weighted by atomic mass is 10.0. The number of unbranched alkanes of at least 4 members (excludes halogenated alkanes) is 1. The van der Waals surface area contributed by atoms with E-state index in [9.17, 15) is 26.3 Å². The molecule has 0 aromatic heterocycles. The highest BCUT2D eigenvalue weighted by Crippen LogP contribution is 2.37. The number of ether oxygens (including phenoxy) is 2. The molecular formula is C26H24F6O2. The van der Waals surface area contributed by atoms with Gasteiger partial charge in [0, 0.05) is 0 Å². The van der Waals surface area contributed by atoms with Crippen LogP contribution < -0.4 is 9.47 Å². The molecule has 0 aliphatic carbocycles. The van der Waals surface area contributed by atoms with Crippen LogP contribution in [0.5, 0.6) is 11.5 Å². The Kier molecular flexibility index (Phi) is 7.79. The van der Waals surface area contributed by atoms with E-state index in [-0.39, 0.29) is 11.3 Å². The van der Waals surface area contributed by atoms with Gasteiger partial charge >= 0.3 is 12.2 Å². The van der Waals surface area contributed by atoms with Crippen LogP contribution in [-0.2, 0) is 25.1 Å². The second-order valence-corrected chi connectivity index (χ2v) is 7.80. The molecule has 3 rings (SSSR count). The van der Waals surface area contributed by atoms with Crippen molar-refractivity contribution in [3.63, 3.8) is 0 Å². The standard InChI is InChI=1S/C26H24F6O2/c1-3-5-6-18-15-22(27)24(23(28)16-18)26(31,32)34-21-13-9-19(10-14-21)25(29,30)33-20-11-7-17(4-2)8-12-20/h7-16H,3-6H2,1-2H3. The van der Waals surface area contributed by atoms with Crippen LogP contribution in [0.25, 0.3) is 0 Å². The summed E-state index contributed by atoms with van der Waals surface area (Å²) in [6, 6.07) is 11.2. The summed E-state index contributed by atoms with van der Waals surface area (Å²) in [6.45, 7) is 3.81. The largest absolute Gasteiger partial charge is 0.432 e. The van der Waals surface area contributed by atoms with Crippen molar-refractivity contribution in [1.82, 2.24) is 0 Å². The molecule has 0 heterocycles. The van der Waals surface area contributed by atoms with E-state index in [0.717, 1.165) is 54.8 Å². The molecule has 2 nitrogen and oxygen atoms in total. The quantitative estimate of drug-likeness (QED) is 0.272. The van der Waals surface area contributed by atoms with E-state index in [4.69, 9.17) is 4.74 Å². The zero-order chi connectivity index (χ0) is 24.9. The highest BCUT2D eigenvalue weighted by atomic mass is 19.3. The minimum absolute atomic E-state index is 0.0672. The number of halogens is 6. The van der Waals surface area contributed by atoms with Crippen LogP contribution in [0.1, 0.15) is 48.9 Å². The van der Waals surface area contributed by atoms with E-state index < -0.39 is 40.7 Å². The molecule has 0 fully saturated rings. The van der Waals surface area contributed by atoms with Crippen molar-refractivity contribution in [2.24, 2.45) is 0 Å². The third-order valence-electron chi connectivity index (χ3n) is 5.23. The minimum Gasteiger partial charge on any atom is -0.429 e. The monoisotopic (exact) mass is 482 g/mol. The van der Waals surface area contributed by atoms with Crippen LogP contribution in [0.2, 0.25) is 0 Å². The van der Waals surface area contributed by atoms with Gasteiger partial charge in [-0.3, -0.25) is 0 Å². The molecule has 34 heavy (non-hydrogen) atoms. The Labute approximate surface area is 194 Å². The summed E-state index contributed by atoms with van der Waals surface area (Å²) in [7, 11) is 0. The number of rotatable bonds is 10. The second-order valence-electron chi connectivity index (χ2n) is 7.80. The van der Waals surface area contributed by atoms with Crippen LogP contribution in [0.15, 0.2) is 60.7 Å². The molecule has 0 aliphatic rings. The van der Waals surface area contributed by atoms with Crippen molar-refractivity contribution < 1.29 is 35.8 Å². The molecule has 3 aromatic carbocycles. The van der Waals surface area contributed by atoms with Gasteiger partial charge in [0.1, 0.15) is 28.7 Å². The molecule has 0 unspecified atom stereocenters. The average Bonchev–Trinajstić information content (AvgIpc) is 2.77. The lowest BCUT2D eigenvalue weighted by Crippen LogP contribution is -2.25. The Morgan fingerprint density at radius 2 is 1.18 bits per heavy atom. The van der Waals surface area contributed by atoms with Gasteiger partial charge in [0.05, 0.1) is 5.56 Å². The number of alkyl halides is 4. The average molecular weight is 482 g/mol. The van der Waals surface area contributed by atoms with E-state index in [2.05, 4.69) is 4.74 Å². The SMILES string of the molecule is CCCCc1cc(F)c(C(F)(F)Oc2ccc(C(F)(F)Oc3ccc(CC)cc3)cc2)c(F)c1. The van der Waals surface area contributed by atoms with Crippen molar-refractivity contribution in [2.45, 2.75) is 51.7 Å². The van der Waals surface area contributed by atoms with Crippen molar-refractivity contribution in [1.29, 1.82) is 0 Å². The first-order chi connectivity index (χ1) is 16.1. The van der Waals surface area contributed by atoms with E-state index in [1.54, 1.807) is 12.1 Å². The smallest absolute Gasteiger partial charge is 0.429 e. The highest BCUT2D eigenvalue weighted by molar-refractivity contribution is 5.34. The predicted octanol–water partition coefficient (Wildman–Crippen LogP) is 8.13.